The number of benzene rings is 3. The van der Waals surface area contributed by atoms with Crippen molar-refractivity contribution in [2.45, 2.75) is 25.7 Å². The third-order valence-electron chi connectivity index (χ3n) is 6.28. The molecular weight excluding hydrogens is 438 g/mol. The number of carbonyl (C=O) groups excluding carboxylic acids is 2. The summed E-state index contributed by atoms with van der Waals surface area (Å²) in [5, 5.41) is 0. The van der Waals surface area contributed by atoms with Crippen LogP contribution in [0.15, 0.2) is 78.9 Å². The largest absolute Gasteiger partial charge is 0.452 e. The number of carbonyl (C=O) groups is 2. The summed E-state index contributed by atoms with van der Waals surface area (Å²) in [6, 6.07) is 24.9. The molecule has 6 heteroatoms. The van der Waals surface area contributed by atoms with Crippen LogP contribution in [0.1, 0.15) is 36.0 Å². The van der Waals surface area contributed by atoms with E-state index in [1.807, 2.05) is 60.7 Å². The summed E-state index contributed by atoms with van der Waals surface area (Å²) in [5.41, 5.74) is 5.06. The Labute approximate surface area is 204 Å². The van der Waals surface area contributed by atoms with E-state index in [1.165, 1.54) is 0 Å². The maximum atomic E-state index is 12.7. The molecule has 1 aromatic heterocycles. The average Bonchev–Trinajstić information content (AvgIpc) is 3.21. The van der Waals surface area contributed by atoms with Gasteiger partial charge in [0, 0.05) is 24.2 Å². The number of aromatic nitrogens is 2. The summed E-state index contributed by atoms with van der Waals surface area (Å²) >= 11 is 0. The van der Waals surface area contributed by atoms with Crippen LogP contribution in [0.2, 0.25) is 0 Å². The first kappa shape index (κ1) is 22.7. The van der Waals surface area contributed by atoms with E-state index in [0.717, 1.165) is 61.3 Å². The molecule has 4 aromatic rings. The molecule has 0 aliphatic carbocycles. The Morgan fingerprint density at radius 2 is 1.29 bits per heavy atom. The highest BCUT2D eigenvalue weighted by Gasteiger charge is 2.19. The fraction of sp³-hybridized carbons (Fsp3) is 0.241. The van der Waals surface area contributed by atoms with Crippen molar-refractivity contribution in [3.63, 3.8) is 0 Å². The third-order valence-corrected chi connectivity index (χ3v) is 6.28. The summed E-state index contributed by atoms with van der Waals surface area (Å²) < 4.78 is 5.36. The van der Waals surface area contributed by atoms with Gasteiger partial charge in [-0.3, -0.25) is 4.79 Å². The van der Waals surface area contributed by atoms with Gasteiger partial charge in [0.15, 0.2) is 6.61 Å². The molecule has 2 heterocycles. The van der Waals surface area contributed by atoms with E-state index in [2.05, 4.69) is 0 Å². The lowest BCUT2D eigenvalue weighted by atomic mass is 10.0. The van der Waals surface area contributed by atoms with Gasteiger partial charge in [-0.25, -0.2) is 14.8 Å². The second kappa shape index (κ2) is 10.5. The SMILES string of the molecule is O=C(OCC(=O)N1CCCCCC1)c1ccc2nc(-c3ccccc3)c(-c3ccccc3)nc2c1. The Hall–Kier alpha value is -4.06. The van der Waals surface area contributed by atoms with Crippen molar-refractivity contribution >= 4 is 22.9 Å². The van der Waals surface area contributed by atoms with Gasteiger partial charge >= 0.3 is 5.97 Å². The van der Waals surface area contributed by atoms with Gasteiger partial charge in [0.05, 0.1) is 28.0 Å². The van der Waals surface area contributed by atoms with Crippen molar-refractivity contribution < 1.29 is 14.3 Å². The Morgan fingerprint density at radius 1 is 0.714 bits per heavy atom. The monoisotopic (exact) mass is 465 g/mol. The van der Waals surface area contributed by atoms with Gasteiger partial charge < -0.3 is 9.64 Å². The normalized spacial score (nSPS) is 13.9. The van der Waals surface area contributed by atoms with Gasteiger partial charge in [0.1, 0.15) is 0 Å². The third kappa shape index (κ3) is 5.22. The number of fused-ring (bicyclic) bond motifs is 1. The lowest BCUT2D eigenvalue weighted by Gasteiger charge is -2.19. The van der Waals surface area contributed by atoms with Crippen LogP contribution in [-0.4, -0.2) is 46.4 Å². The smallest absolute Gasteiger partial charge is 0.338 e. The van der Waals surface area contributed by atoms with E-state index in [1.54, 1.807) is 23.1 Å². The number of nitrogens with zero attached hydrogens (tertiary/aromatic N) is 3. The molecule has 6 nitrogen and oxygen atoms in total. The van der Waals surface area contributed by atoms with Gasteiger partial charge in [-0.15, -0.1) is 0 Å². The van der Waals surface area contributed by atoms with E-state index in [-0.39, 0.29) is 12.5 Å². The Bertz CT molecular complexity index is 1330. The van der Waals surface area contributed by atoms with Crippen LogP contribution in [0, 0.1) is 0 Å². The second-order valence-electron chi connectivity index (χ2n) is 8.73. The zero-order chi connectivity index (χ0) is 24.0. The van der Waals surface area contributed by atoms with E-state index in [4.69, 9.17) is 14.7 Å². The molecule has 35 heavy (non-hydrogen) atoms. The number of likely N-dealkylation sites (tertiary alicyclic amines) is 1. The number of rotatable bonds is 5. The molecule has 0 atom stereocenters. The highest BCUT2D eigenvalue weighted by Crippen LogP contribution is 2.31. The molecule has 0 radical (unpaired) electrons. The number of ether oxygens (including phenoxy) is 1. The van der Waals surface area contributed by atoms with Gasteiger partial charge in [-0.2, -0.15) is 0 Å². The van der Waals surface area contributed by atoms with Crippen LogP contribution in [0.25, 0.3) is 33.5 Å². The highest BCUT2D eigenvalue weighted by atomic mass is 16.5. The van der Waals surface area contributed by atoms with E-state index in [0.29, 0.717) is 16.6 Å². The summed E-state index contributed by atoms with van der Waals surface area (Å²) in [7, 11) is 0. The molecule has 0 N–H and O–H groups in total. The minimum absolute atomic E-state index is 0.139. The first-order chi connectivity index (χ1) is 17.2. The van der Waals surface area contributed by atoms with Gasteiger partial charge in [0.25, 0.3) is 5.91 Å². The maximum Gasteiger partial charge on any atom is 0.338 e. The van der Waals surface area contributed by atoms with Crippen molar-refractivity contribution in [3.05, 3.63) is 84.4 Å². The van der Waals surface area contributed by atoms with Crippen molar-refractivity contribution in [2.24, 2.45) is 0 Å². The molecule has 0 bridgehead atoms. The minimum atomic E-state index is -0.537. The second-order valence-corrected chi connectivity index (χ2v) is 8.73. The van der Waals surface area contributed by atoms with Crippen LogP contribution in [0.5, 0.6) is 0 Å². The van der Waals surface area contributed by atoms with Crippen LogP contribution in [0.4, 0.5) is 0 Å². The fourth-order valence-corrected chi connectivity index (χ4v) is 4.40. The number of hydrogen-bond acceptors (Lipinski definition) is 5. The number of esters is 1. The van der Waals surface area contributed by atoms with Crippen LogP contribution >= 0.6 is 0 Å². The summed E-state index contributed by atoms with van der Waals surface area (Å²) in [6.07, 6.45) is 4.27. The fourth-order valence-electron chi connectivity index (χ4n) is 4.40. The quantitative estimate of drug-likeness (QED) is 0.363. The summed E-state index contributed by atoms with van der Waals surface area (Å²) in [4.78, 5) is 36.8. The molecule has 1 saturated heterocycles. The molecule has 1 aliphatic heterocycles. The van der Waals surface area contributed by atoms with Crippen molar-refractivity contribution in [2.75, 3.05) is 19.7 Å². The summed E-state index contributed by atoms with van der Waals surface area (Å²) in [5.74, 6) is -0.676. The topological polar surface area (TPSA) is 72.4 Å². The van der Waals surface area contributed by atoms with E-state index >= 15 is 0 Å². The molecule has 1 fully saturated rings. The first-order valence-corrected chi connectivity index (χ1v) is 12.1. The molecule has 0 spiro atoms. The van der Waals surface area contributed by atoms with Crippen molar-refractivity contribution in [3.8, 4) is 22.5 Å². The Balaban J connectivity index is 1.42. The molecular formula is C29H27N3O3. The van der Waals surface area contributed by atoms with Crippen LogP contribution in [0.3, 0.4) is 0 Å². The lowest BCUT2D eigenvalue weighted by molar-refractivity contribution is -0.134. The molecule has 3 aromatic carbocycles. The average molecular weight is 466 g/mol. The summed E-state index contributed by atoms with van der Waals surface area (Å²) in [6.45, 7) is 1.21. The minimum Gasteiger partial charge on any atom is -0.452 e. The number of amides is 1. The zero-order valence-electron chi connectivity index (χ0n) is 19.5. The van der Waals surface area contributed by atoms with Crippen LogP contribution < -0.4 is 0 Å². The van der Waals surface area contributed by atoms with Crippen molar-refractivity contribution in [1.29, 1.82) is 0 Å². The molecule has 0 saturated carbocycles. The molecule has 5 rings (SSSR count). The lowest BCUT2D eigenvalue weighted by Crippen LogP contribution is -2.35. The Morgan fingerprint density at radius 3 is 1.89 bits per heavy atom. The maximum absolute atomic E-state index is 12.7. The van der Waals surface area contributed by atoms with Gasteiger partial charge in [-0.1, -0.05) is 73.5 Å². The predicted octanol–water partition coefficient (Wildman–Crippen LogP) is 5.52. The predicted molar refractivity (Wildman–Crippen MR) is 136 cm³/mol. The molecule has 0 unspecified atom stereocenters. The van der Waals surface area contributed by atoms with Crippen LogP contribution in [-0.2, 0) is 9.53 Å². The molecule has 1 aliphatic rings. The molecule has 176 valence electrons. The zero-order valence-corrected chi connectivity index (χ0v) is 19.5. The van der Waals surface area contributed by atoms with E-state index < -0.39 is 5.97 Å². The van der Waals surface area contributed by atoms with Crippen molar-refractivity contribution in [1.82, 2.24) is 14.9 Å². The highest BCUT2D eigenvalue weighted by molar-refractivity contribution is 5.96. The standard InChI is InChI=1S/C29H27N3O3/c33-26(32-17-9-1-2-10-18-32)20-35-29(34)23-15-16-24-25(19-23)31-28(22-13-7-4-8-14-22)27(30-24)21-11-5-3-6-12-21/h3-8,11-16,19H,1-2,9-10,17-18,20H2. The first-order valence-electron chi connectivity index (χ1n) is 12.1. The molecule has 1 amide bonds. The Kier molecular flexibility index (Phi) is 6.80. The number of hydrogen-bond donors (Lipinski definition) is 0. The van der Waals surface area contributed by atoms with Gasteiger partial charge in [0.2, 0.25) is 0 Å². The van der Waals surface area contributed by atoms with E-state index in [9.17, 15) is 9.59 Å². The van der Waals surface area contributed by atoms with Gasteiger partial charge in [-0.05, 0) is 31.0 Å².